The topological polar surface area (TPSA) is 23.4 Å². The molecule has 1 aliphatic heterocycles. The van der Waals surface area contributed by atoms with Gasteiger partial charge in [0.2, 0.25) is 0 Å². The maximum absolute atomic E-state index is 7.41. The molecule has 1 atom stereocenters. The van der Waals surface area contributed by atoms with Gasteiger partial charge in [0.15, 0.2) is 5.60 Å². The first-order valence-electron chi connectivity index (χ1n) is 14.7. The number of hydrogen-bond donors (Lipinski definition) is 0. The fraction of sp³-hybridized carbons (Fsp3) is 0.100. The van der Waals surface area contributed by atoms with Crippen LogP contribution in [0.15, 0.2) is 127 Å². The van der Waals surface area contributed by atoms with Crippen molar-refractivity contribution in [2.24, 2.45) is 0 Å². The molecule has 0 saturated heterocycles. The van der Waals surface area contributed by atoms with Crippen LogP contribution in [0, 0.1) is 13.8 Å². The predicted octanol–water partition coefficient (Wildman–Crippen LogP) is 9.91. The van der Waals surface area contributed by atoms with E-state index in [9.17, 15) is 0 Å². The first-order chi connectivity index (χ1) is 21.1. The van der Waals surface area contributed by atoms with Crippen LogP contribution in [-0.2, 0) is 5.60 Å². The van der Waals surface area contributed by atoms with Gasteiger partial charge in [0, 0.05) is 38.5 Å². The van der Waals surface area contributed by atoms with Gasteiger partial charge in [-0.05, 0) is 73.3 Å². The molecule has 0 aliphatic carbocycles. The Morgan fingerprint density at radius 3 is 2.02 bits per heavy atom. The lowest BCUT2D eigenvalue weighted by atomic mass is 9.82. The van der Waals surface area contributed by atoms with E-state index in [2.05, 4.69) is 134 Å². The molecular formula is C40H31NO2. The summed E-state index contributed by atoms with van der Waals surface area (Å²) in [6.45, 7) is 4.31. The fourth-order valence-corrected chi connectivity index (χ4v) is 6.75. The van der Waals surface area contributed by atoms with Crippen LogP contribution in [0.25, 0.3) is 44.3 Å². The number of rotatable bonds is 4. The van der Waals surface area contributed by atoms with Crippen LogP contribution in [0.5, 0.6) is 11.5 Å². The first-order valence-corrected chi connectivity index (χ1v) is 14.7. The highest BCUT2D eigenvalue weighted by Gasteiger charge is 2.39. The molecular weight excluding hydrogens is 526 g/mol. The number of nitrogens with zero attached hydrogens (tertiary/aromatic N) is 1. The van der Waals surface area contributed by atoms with Crippen LogP contribution in [0.3, 0.4) is 0 Å². The lowest BCUT2D eigenvalue weighted by Crippen LogP contribution is -2.34. The van der Waals surface area contributed by atoms with E-state index in [0.29, 0.717) is 0 Å². The highest BCUT2D eigenvalue weighted by molar-refractivity contribution is 6.25. The van der Waals surface area contributed by atoms with Crippen LogP contribution in [-0.4, -0.2) is 11.7 Å². The maximum Gasteiger partial charge on any atom is 0.178 e. The van der Waals surface area contributed by atoms with Gasteiger partial charge in [-0.2, -0.15) is 0 Å². The zero-order valence-corrected chi connectivity index (χ0v) is 24.5. The number of ether oxygens (including phenoxy) is 2. The SMILES string of the molecule is COc1ccc(C2(c3ccccc3)C=Cc3c(c4cc(C)ccc4c4c5ccc(C)cc5n(-c5ccccc5)c34)O2)cc1. The Morgan fingerprint density at radius 1 is 0.651 bits per heavy atom. The second kappa shape index (κ2) is 9.64. The molecule has 208 valence electrons. The molecule has 0 amide bonds. The van der Waals surface area contributed by atoms with Crippen molar-refractivity contribution in [1.82, 2.24) is 4.57 Å². The Morgan fingerprint density at radius 2 is 1.30 bits per heavy atom. The minimum Gasteiger partial charge on any atom is -0.497 e. The summed E-state index contributed by atoms with van der Waals surface area (Å²) >= 11 is 0. The largest absolute Gasteiger partial charge is 0.497 e. The summed E-state index contributed by atoms with van der Waals surface area (Å²) in [7, 11) is 1.70. The van der Waals surface area contributed by atoms with Crippen LogP contribution in [0.4, 0.5) is 0 Å². The second-order valence-corrected chi connectivity index (χ2v) is 11.5. The number of fused-ring (bicyclic) bond motifs is 8. The highest BCUT2D eigenvalue weighted by atomic mass is 16.5. The van der Waals surface area contributed by atoms with Crippen molar-refractivity contribution in [1.29, 1.82) is 0 Å². The van der Waals surface area contributed by atoms with Crippen molar-refractivity contribution >= 4 is 38.7 Å². The van der Waals surface area contributed by atoms with E-state index in [1.807, 2.05) is 18.2 Å². The summed E-state index contributed by atoms with van der Waals surface area (Å²) in [4.78, 5) is 0. The van der Waals surface area contributed by atoms with Gasteiger partial charge in [0.05, 0.1) is 18.1 Å². The molecule has 0 N–H and O–H groups in total. The number of methoxy groups -OCH3 is 1. The molecule has 3 nitrogen and oxygen atoms in total. The molecule has 1 aliphatic rings. The van der Waals surface area contributed by atoms with Crippen LogP contribution in [0.2, 0.25) is 0 Å². The monoisotopic (exact) mass is 557 g/mol. The van der Waals surface area contributed by atoms with Crippen molar-refractivity contribution in [3.63, 3.8) is 0 Å². The number of aromatic nitrogens is 1. The predicted molar refractivity (Wildman–Crippen MR) is 178 cm³/mol. The normalized spacial score (nSPS) is 16.0. The molecule has 0 radical (unpaired) electrons. The van der Waals surface area contributed by atoms with Gasteiger partial charge in [-0.25, -0.2) is 0 Å². The molecule has 8 rings (SSSR count). The summed E-state index contributed by atoms with van der Waals surface area (Å²) in [5.74, 6) is 1.71. The summed E-state index contributed by atoms with van der Waals surface area (Å²) in [6.07, 6.45) is 4.51. The molecule has 0 bridgehead atoms. The van der Waals surface area contributed by atoms with Gasteiger partial charge in [-0.3, -0.25) is 0 Å². The van der Waals surface area contributed by atoms with E-state index in [1.165, 1.54) is 32.8 Å². The summed E-state index contributed by atoms with van der Waals surface area (Å²) in [5.41, 5.74) is 8.30. The molecule has 2 heterocycles. The van der Waals surface area contributed by atoms with E-state index >= 15 is 0 Å². The van der Waals surface area contributed by atoms with E-state index in [-0.39, 0.29) is 0 Å². The third-order valence-corrected chi connectivity index (χ3v) is 8.80. The van der Waals surface area contributed by atoms with Crippen LogP contribution in [0.1, 0.15) is 27.8 Å². The fourth-order valence-electron chi connectivity index (χ4n) is 6.75. The average molecular weight is 558 g/mol. The Balaban J connectivity index is 1.52. The van der Waals surface area contributed by atoms with Gasteiger partial charge in [-0.15, -0.1) is 0 Å². The van der Waals surface area contributed by atoms with Crippen molar-refractivity contribution in [3.8, 4) is 17.2 Å². The standard InChI is InChI=1S/C40H31NO2/c1-26-14-20-32-35(24-26)39-34(38-37(32)33-21-15-27(2)25-36(33)41(38)30-12-8-5-9-13-30)22-23-40(43-39,28-10-6-4-7-11-28)29-16-18-31(42-3)19-17-29/h4-25H,1-3H3. The van der Waals surface area contributed by atoms with Gasteiger partial charge >= 0.3 is 0 Å². The van der Waals surface area contributed by atoms with Crippen molar-refractivity contribution in [2.45, 2.75) is 19.4 Å². The molecule has 1 unspecified atom stereocenters. The maximum atomic E-state index is 7.41. The quantitative estimate of drug-likeness (QED) is 0.215. The van der Waals surface area contributed by atoms with Crippen molar-refractivity contribution in [3.05, 3.63) is 155 Å². The van der Waals surface area contributed by atoms with E-state index in [4.69, 9.17) is 9.47 Å². The second-order valence-electron chi connectivity index (χ2n) is 11.5. The number of benzene rings is 6. The first kappa shape index (κ1) is 25.4. The minimum absolute atomic E-state index is 0.814. The molecule has 0 spiro atoms. The summed E-state index contributed by atoms with van der Waals surface area (Å²) in [5, 5.41) is 4.80. The summed E-state index contributed by atoms with van der Waals surface area (Å²) < 4.78 is 15.3. The minimum atomic E-state index is -0.814. The summed E-state index contributed by atoms with van der Waals surface area (Å²) in [6, 6.07) is 42.9. The molecule has 6 aromatic carbocycles. The van der Waals surface area contributed by atoms with Gasteiger partial charge in [-0.1, -0.05) is 90.5 Å². The van der Waals surface area contributed by atoms with Crippen LogP contribution < -0.4 is 9.47 Å². The van der Waals surface area contributed by atoms with Gasteiger partial charge in [0.25, 0.3) is 0 Å². The van der Waals surface area contributed by atoms with Crippen molar-refractivity contribution in [2.75, 3.05) is 7.11 Å². The molecule has 0 fully saturated rings. The molecule has 3 heteroatoms. The third kappa shape index (κ3) is 3.81. The molecule has 43 heavy (non-hydrogen) atoms. The number of aryl methyl sites for hydroxylation is 2. The van der Waals surface area contributed by atoms with E-state index < -0.39 is 5.60 Å². The molecule has 1 aromatic heterocycles. The van der Waals surface area contributed by atoms with Crippen molar-refractivity contribution < 1.29 is 9.47 Å². The Bertz CT molecular complexity index is 2190. The lowest BCUT2D eigenvalue weighted by molar-refractivity contribution is 0.164. The number of para-hydroxylation sites is 1. The smallest absolute Gasteiger partial charge is 0.178 e. The van der Waals surface area contributed by atoms with Gasteiger partial charge in [0.1, 0.15) is 11.5 Å². The third-order valence-electron chi connectivity index (χ3n) is 8.80. The number of hydrogen-bond acceptors (Lipinski definition) is 2. The molecule has 7 aromatic rings. The lowest BCUT2D eigenvalue weighted by Gasteiger charge is -2.37. The zero-order valence-electron chi connectivity index (χ0n) is 24.5. The Kier molecular flexibility index (Phi) is 5.70. The highest BCUT2D eigenvalue weighted by Crippen LogP contribution is 2.51. The van der Waals surface area contributed by atoms with E-state index in [0.717, 1.165) is 44.8 Å². The van der Waals surface area contributed by atoms with Crippen LogP contribution >= 0.6 is 0 Å². The van der Waals surface area contributed by atoms with E-state index in [1.54, 1.807) is 7.11 Å². The zero-order chi connectivity index (χ0) is 29.1. The molecule has 0 saturated carbocycles. The Hall–Kier alpha value is -5.28. The Labute approximate surface area is 251 Å². The van der Waals surface area contributed by atoms with Gasteiger partial charge < -0.3 is 14.0 Å². The average Bonchev–Trinajstić information content (AvgIpc) is 3.39.